The van der Waals surface area contributed by atoms with Gasteiger partial charge >= 0.3 is 0 Å². The van der Waals surface area contributed by atoms with Crippen molar-refractivity contribution >= 4 is 5.91 Å². The minimum absolute atomic E-state index is 0.0846. The maximum atomic E-state index is 12.3. The van der Waals surface area contributed by atoms with Gasteiger partial charge in [-0.15, -0.1) is 0 Å². The van der Waals surface area contributed by atoms with Crippen LogP contribution in [0.4, 0.5) is 0 Å². The van der Waals surface area contributed by atoms with Crippen molar-refractivity contribution in [3.8, 4) is 6.07 Å². The molecule has 0 radical (unpaired) electrons. The van der Waals surface area contributed by atoms with Crippen molar-refractivity contribution in [2.75, 3.05) is 6.54 Å². The summed E-state index contributed by atoms with van der Waals surface area (Å²) in [4.78, 5) is 12.3. The molecule has 0 saturated carbocycles. The number of carbonyl (C=O) groups excluding carboxylic acids is 1. The molecule has 1 amide bonds. The number of carbonyl (C=O) groups is 1. The van der Waals surface area contributed by atoms with Crippen molar-refractivity contribution in [3.63, 3.8) is 0 Å². The molecule has 0 saturated heterocycles. The van der Waals surface area contributed by atoms with E-state index in [1.807, 2.05) is 38.1 Å². The van der Waals surface area contributed by atoms with Crippen LogP contribution in [0, 0.1) is 16.7 Å². The highest BCUT2D eigenvalue weighted by Crippen LogP contribution is 2.25. The predicted molar refractivity (Wildman–Crippen MR) is 76.9 cm³/mol. The van der Waals surface area contributed by atoms with Gasteiger partial charge in [-0.1, -0.05) is 39.0 Å². The third-order valence-corrected chi connectivity index (χ3v) is 2.97. The summed E-state index contributed by atoms with van der Waals surface area (Å²) in [5.41, 5.74) is 1.07. The van der Waals surface area contributed by atoms with Crippen molar-refractivity contribution in [2.45, 2.75) is 40.0 Å². The highest BCUT2D eigenvalue weighted by Gasteiger charge is 2.23. The van der Waals surface area contributed by atoms with Gasteiger partial charge in [0.25, 0.3) is 5.91 Å². The first kappa shape index (κ1) is 15.2. The average molecular weight is 258 g/mol. The molecule has 3 heteroatoms. The molecule has 0 atom stereocenters. The Bertz CT molecular complexity index is 504. The first-order chi connectivity index (χ1) is 8.67. The summed E-state index contributed by atoms with van der Waals surface area (Å²) in [5.74, 6) is -0.117. The van der Waals surface area contributed by atoms with E-state index in [1.165, 1.54) is 0 Å². The molecule has 1 aromatic carbocycles. The SMILES string of the molecule is CC(C)(C#N)CNC(=O)c1ccccc1C(C)(C)C. The van der Waals surface area contributed by atoms with Crippen molar-refractivity contribution in [3.05, 3.63) is 35.4 Å². The number of nitriles is 1. The van der Waals surface area contributed by atoms with E-state index in [-0.39, 0.29) is 11.3 Å². The number of hydrogen-bond donors (Lipinski definition) is 1. The molecule has 0 aliphatic heterocycles. The molecule has 0 fully saturated rings. The Morgan fingerprint density at radius 1 is 1.21 bits per heavy atom. The zero-order chi connectivity index (χ0) is 14.7. The minimum Gasteiger partial charge on any atom is -0.350 e. The summed E-state index contributed by atoms with van der Waals surface area (Å²) in [5, 5.41) is 11.8. The fraction of sp³-hybridized carbons (Fsp3) is 0.500. The molecule has 0 unspecified atom stereocenters. The molecule has 102 valence electrons. The van der Waals surface area contributed by atoms with Crippen LogP contribution in [-0.2, 0) is 5.41 Å². The number of nitrogens with one attached hydrogen (secondary N) is 1. The summed E-state index contributed by atoms with van der Waals surface area (Å²) in [6.07, 6.45) is 0. The molecule has 0 spiro atoms. The predicted octanol–water partition coefficient (Wildman–Crippen LogP) is 3.26. The number of benzene rings is 1. The molecule has 19 heavy (non-hydrogen) atoms. The van der Waals surface area contributed by atoms with Gasteiger partial charge in [-0.3, -0.25) is 4.79 Å². The van der Waals surface area contributed by atoms with Crippen LogP contribution >= 0.6 is 0 Å². The molecule has 0 aromatic heterocycles. The minimum atomic E-state index is -0.549. The first-order valence-electron chi connectivity index (χ1n) is 6.46. The second-order valence-corrected chi connectivity index (χ2v) is 6.47. The monoisotopic (exact) mass is 258 g/mol. The van der Waals surface area contributed by atoms with E-state index in [1.54, 1.807) is 0 Å². The van der Waals surface area contributed by atoms with Crippen LogP contribution in [0.25, 0.3) is 0 Å². The number of nitrogens with zero attached hydrogens (tertiary/aromatic N) is 1. The van der Waals surface area contributed by atoms with Crippen LogP contribution in [0.1, 0.15) is 50.5 Å². The lowest BCUT2D eigenvalue weighted by Crippen LogP contribution is -2.34. The van der Waals surface area contributed by atoms with E-state index in [2.05, 4.69) is 32.2 Å². The smallest absolute Gasteiger partial charge is 0.251 e. The quantitative estimate of drug-likeness (QED) is 0.904. The lowest BCUT2D eigenvalue weighted by atomic mass is 9.83. The van der Waals surface area contributed by atoms with Gasteiger partial charge in [0.05, 0.1) is 11.5 Å². The highest BCUT2D eigenvalue weighted by atomic mass is 16.1. The molecule has 0 aliphatic carbocycles. The summed E-state index contributed by atoms with van der Waals surface area (Å²) in [6.45, 7) is 10.2. The topological polar surface area (TPSA) is 52.9 Å². The van der Waals surface area contributed by atoms with Crippen LogP contribution in [0.2, 0.25) is 0 Å². The number of rotatable bonds is 3. The van der Waals surface area contributed by atoms with E-state index >= 15 is 0 Å². The van der Waals surface area contributed by atoms with Crippen molar-refractivity contribution in [1.82, 2.24) is 5.32 Å². The Morgan fingerprint density at radius 3 is 2.32 bits per heavy atom. The van der Waals surface area contributed by atoms with E-state index in [0.29, 0.717) is 12.1 Å². The fourth-order valence-corrected chi connectivity index (χ4v) is 1.77. The summed E-state index contributed by atoms with van der Waals surface area (Å²) < 4.78 is 0. The number of amides is 1. The summed E-state index contributed by atoms with van der Waals surface area (Å²) in [7, 11) is 0. The van der Waals surface area contributed by atoms with Crippen LogP contribution < -0.4 is 5.32 Å². The molecule has 0 heterocycles. The largest absolute Gasteiger partial charge is 0.350 e. The van der Waals surface area contributed by atoms with Gasteiger partial charge in [-0.2, -0.15) is 5.26 Å². The molecule has 3 nitrogen and oxygen atoms in total. The van der Waals surface area contributed by atoms with E-state index in [9.17, 15) is 4.79 Å². The standard InChI is InChI=1S/C16H22N2O/c1-15(2,3)13-9-7-6-8-12(13)14(19)18-11-16(4,5)10-17/h6-9H,11H2,1-5H3,(H,18,19). The Balaban J connectivity index is 2.93. The molecule has 1 aromatic rings. The Hall–Kier alpha value is -1.82. The number of hydrogen-bond acceptors (Lipinski definition) is 2. The molecular formula is C16H22N2O. The maximum Gasteiger partial charge on any atom is 0.251 e. The van der Waals surface area contributed by atoms with Gasteiger partial charge in [0.2, 0.25) is 0 Å². The van der Waals surface area contributed by atoms with Crippen LogP contribution in [0.5, 0.6) is 0 Å². The first-order valence-corrected chi connectivity index (χ1v) is 6.46. The van der Waals surface area contributed by atoms with E-state index in [4.69, 9.17) is 5.26 Å². The van der Waals surface area contributed by atoms with Gasteiger partial charge in [0.15, 0.2) is 0 Å². The molecular weight excluding hydrogens is 236 g/mol. The Kier molecular flexibility index (Phi) is 4.36. The molecule has 0 aliphatic rings. The van der Waals surface area contributed by atoms with Gasteiger partial charge < -0.3 is 5.32 Å². The van der Waals surface area contributed by atoms with Crippen molar-refractivity contribution in [2.24, 2.45) is 5.41 Å². The third-order valence-electron chi connectivity index (χ3n) is 2.97. The van der Waals surface area contributed by atoms with Gasteiger partial charge in [-0.25, -0.2) is 0 Å². The van der Waals surface area contributed by atoms with Crippen LogP contribution in [-0.4, -0.2) is 12.5 Å². The van der Waals surface area contributed by atoms with Crippen LogP contribution in [0.3, 0.4) is 0 Å². The maximum absolute atomic E-state index is 12.3. The molecule has 1 N–H and O–H groups in total. The summed E-state index contributed by atoms with van der Waals surface area (Å²) in [6, 6.07) is 9.79. The normalized spacial score (nSPS) is 11.8. The third kappa shape index (κ3) is 4.10. The van der Waals surface area contributed by atoms with Gasteiger partial charge in [-0.05, 0) is 30.9 Å². The molecule has 0 bridgehead atoms. The lowest BCUT2D eigenvalue weighted by molar-refractivity contribution is 0.0941. The van der Waals surface area contributed by atoms with E-state index < -0.39 is 5.41 Å². The summed E-state index contributed by atoms with van der Waals surface area (Å²) >= 11 is 0. The fourth-order valence-electron chi connectivity index (χ4n) is 1.77. The van der Waals surface area contributed by atoms with Gasteiger partial charge in [0, 0.05) is 12.1 Å². The van der Waals surface area contributed by atoms with Crippen molar-refractivity contribution in [1.29, 1.82) is 5.26 Å². The zero-order valence-corrected chi connectivity index (χ0v) is 12.4. The van der Waals surface area contributed by atoms with E-state index in [0.717, 1.165) is 5.56 Å². The Labute approximate surface area is 115 Å². The molecule has 1 rings (SSSR count). The Morgan fingerprint density at radius 2 is 1.79 bits per heavy atom. The highest BCUT2D eigenvalue weighted by molar-refractivity contribution is 5.96. The second-order valence-electron chi connectivity index (χ2n) is 6.47. The average Bonchev–Trinajstić information content (AvgIpc) is 2.35. The van der Waals surface area contributed by atoms with Crippen molar-refractivity contribution < 1.29 is 4.79 Å². The van der Waals surface area contributed by atoms with Gasteiger partial charge in [0.1, 0.15) is 0 Å². The second kappa shape index (κ2) is 5.44. The van der Waals surface area contributed by atoms with Crippen LogP contribution in [0.15, 0.2) is 24.3 Å². The zero-order valence-electron chi connectivity index (χ0n) is 12.4. The lowest BCUT2D eigenvalue weighted by Gasteiger charge is -2.23.